The molecule has 1 atom stereocenters. The zero-order chi connectivity index (χ0) is 12.1. The molecule has 3 nitrogen and oxygen atoms in total. The molecule has 0 spiro atoms. The fourth-order valence-corrected chi connectivity index (χ4v) is 1.73. The highest BCUT2D eigenvalue weighted by molar-refractivity contribution is 6.30. The molecule has 0 saturated heterocycles. The van der Waals surface area contributed by atoms with Crippen molar-refractivity contribution in [3.63, 3.8) is 0 Å². The van der Waals surface area contributed by atoms with Gasteiger partial charge >= 0.3 is 5.97 Å². The van der Waals surface area contributed by atoms with Crippen LogP contribution in [0, 0.1) is 6.92 Å². The molecule has 1 unspecified atom stereocenters. The molecule has 0 radical (unpaired) electrons. The van der Waals surface area contributed by atoms with Crippen LogP contribution in [0.5, 0.6) is 5.75 Å². The number of halogens is 1. The Labute approximate surface area is 100 Å². The largest absolute Gasteiger partial charge is 0.496 e. The van der Waals surface area contributed by atoms with Crippen molar-refractivity contribution in [2.45, 2.75) is 18.7 Å². The van der Waals surface area contributed by atoms with E-state index >= 15 is 0 Å². The molecule has 0 fully saturated rings. The van der Waals surface area contributed by atoms with Gasteiger partial charge in [0, 0.05) is 6.42 Å². The highest BCUT2D eigenvalue weighted by Gasteiger charge is 2.18. The van der Waals surface area contributed by atoms with Crippen molar-refractivity contribution in [2.24, 2.45) is 0 Å². The maximum Gasteiger partial charge on any atom is 0.324 e. The van der Waals surface area contributed by atoms with E-state index in [0.717, 1.165) is 16.9 Å². The summed E-state index contributed by atoms with van der Waals surface area (Å²) in [7, 11) is 2.92. The van der Waals surface area contributed by atoms with E-state index in [1.165, 1.54) is 7.11 Å². The van der Waals surface area contributed by atoms with Crippen LogP contribution in [-0.4, -0.2) is 25.6 Å². The van der Waals surface area contributed by atoms with E-state index in [0.29, 0.717) is 6.42 Å². The second kappa shape index (κ2) is 5.75. The van der Waals surface area contributed by atoms with E-state index in [9.17, 15) is 4.79 Å². The predicted molar refractivity (Wildman–Crippen MR) is 63.1 cm³/mol. The third-order valence-corrected chi connectivity index (χ3v) is 2.62. The maximum absolute atomic E-state index is 11.2. The fraction of sp³-hybridized carbons (Fsp3) is 0.417. The van der Waals surface area contributed by atoms with Crippen molar-refractivity contribution < 1.29 is 14.3 Å². The Hall–Kier alpha value is -1.22. The second-order valence-electron chi connectivity index (χ2n) is 3.51. The number of carbonyl (C=O) groups is 1. The van der Waals surface area contributed by atoms with Crippen molar-refractivity contribution in [2.75, 3.05) is 14.2 Å². The molecule has 1 rings (SSSR count). The molecule has 0 aliphatic carbocycles. The zero-order valence-corrected chi connectivity index (χ0v) is 10.4. The summed E-state index contributed by atoms with van der Waals surface area (Å²) in [5, 5.41) is -0.680. The van der Waals surface area contributed by atoms with Crippen molar-refractivity contribution in [1.82, 2.24) is 0 Å². The van der Waals surface area contributed by atoms with Crippen LogP contribution < -0.4 is 4.74 Å². The van der Waals surface area contributed by atoms with Crippen LogP contribution in [0.25, 0.3) is 0 Å². The molecule has 0 heterocycles. The lowest BCUT2D eigenvalue weighted by Crippen LogP contribution is -2.19. The first-order valence-electron chi connectivity index (χ1n) is 4.94. The summed E-state index contributed by atoms with van der Waals surface area (Å²) in [4.78, 5) is 11.2. The maximum atomic E-state index is 11.2. The van der Waals surface area contributed by atoms with E-state index in [4.69, 9.17) is 16.3 Å². The van der Waals surface area contributed by atoms with Crippen LogP contribution >= 0.6 is 11.6 Å². The number of hydrogen-bond acceptors (Lipinski definition) is 3. The SMILES string of the molecule is COC(=O)C(Cl)Cc1cc(C)ccc1OC. The normalized spacial score (nSPS) is 12.0. The summed E-state index contributed by atoms with van der Waals surface area (Å²) in [5.41, 5.74) is 2.01. The Balaban J connectivity index is 2.86. The van der Waals surface area contributed by atoms with Crippen LogP contribution in [-0.2, 0) is 16.0 Å². The monoisotopic (exact) mass is 242 g/mol. The van der Waals surface area contributed by atoms with Crippen LogP contribution in [0.1, 0.15) is 11.1 Å². The number of carbonyl (C=O) groups excluding carboxylic acids is 1. The average molecular weight is 243 g/mol. The minimum atomic E-state index is -0.680. The Morgan fingerprint density at radius 3 is 2.69 bits per heavy atom. The van der Waals surface area contributed by atoms with Gasteiger partial charge in [-0.2, -0.15) is 0 Å². The number of methoxy groups -OCH3 is 2. The predicted octanol–water partition coefficient (Wildman–Crippen LogP) is 2.33. The van der Waals surface area contributed by atoms with E-state index in [1.54, 1.807) is 7.11 Å². The van der Waals surface area contributed by atoms with E-state index in [-0.39, 0.29) is 0 Å². The quantitative estimate of drug-likeness (QED) is 0.601. The average Bonchev–Trinajstić information content (AvgIpc) is 2.28. The molecule has 1 aromatic rings. The van der Waals surface area contributed by atoms with E-state index < -0.39 is 11.3 Å². The van der Waals surface area contributed by atoms with E-state index in [1.807, 2.05) is 25.1 Å². The Bertz CT molecular complexity index is 377. The van der Waals surface area contributed by atoms with Gasteiger partial charge in [-0.15, -0.1) is 11.6 Å². The molecule has 0 amide bonds. The van der Waals surface area contributed by atoms with Gasteiger partial charge in [0.15, 0.2) is 0 Å². The first kappa shape index (κ1) is 12.8. The van der Waals surface area contributed by atoms with Crippen LogP contribution in [0.4, 0.5) is 0 Å². The van der Waals surface area contributed by atoms with Crippen molar-refractivity contribution in [1.29, 1.82) is 0 Å². The molecule has 1 aromatic carbocycles. The smallest absolute Gasteiger partial charge is 0.324 e. The van der Waals surface area contributed by atoms with Gasteiger partial charge in [-0.05, 0) is 18.6 Å². The third kappa shape index (κ3) is 3.14. The Morgan fingerprint density at radius 1 is 1.44 bits per heavy atom. The van der Waals surface area contributed by atoms with Gasteiger partial charge in [-0.1, -0.05) is 17.7 Å². The highest BCUT2D eigenvalue weighted by Crippen LogP contribution is 2.22. The second-order valence-corrected chi connectivity index (χ2v) is 4.04. The molecule has 0 bridgehead atoms. The lowest BCUT2D eigenvalue weighted by atomic mass is 10.1. The lowest BCUT2D eigenvalue weighted by Gasteiger charge is -2.11. The molecule has 0 N–H and O–H groups in total. The fourth-order valence-electron chi connectivity index (χ4n) is 1.47. The summed E-state index contributed by atoms with van der Waals surface area (Å²) >= 11 is 5.92. The number of alkyl halides is 1. The molecular weight excluding hydrogens is 228 g/mol. The van der Waals surface area contributed by atoms with Gasteiger partial charge in [0.1, 0.15) is 11.1 Å². The standard InChI is InChI=1S/C12H15ClO3/c1-8-4-5-11(15-2)9(6-8)7-10(13)12(14)16-3/h4-6,10H,7H2,1-3H3. The molecule has 0 aliphatic heterocycles. The van der Waals surface area contributed by atoms with Crippen LogP contribution in [0.15, 0.2) is 18.2 Å². The summed E-state index contributed by atoms with van der Waals surface area (Å²) in [6, 6.07) is 5.77. The molecule has 88 valence electrons. The molecule has 0 saturated carbocycles. The number of rotatable bonds is 4. The minimum Gasteiger partial charge on any atom is -0.496 e. The molecule has 16 heavy (non-hydrogen) atoms. The van der Waals surface area contributed by atoms with Crippen molar-refractivity contribution in [3.8, 4) is 5.75 Å². The number of aryl methyl sites for hydroxylation is 1. The third-order valence-electron chi connectivity index (χ3n) is 2.29. The van der Waals surface area contributed by atoms with Crippen LogP contribution in [0.3, 0.4) is 0 Å². The highest BCUT2D eigenvalue weighted by atomic mass is 35.5. The van der Waals surface area contributed by atoms with Crippen molar-refractivity contribution >= 4 is 17.6 Å². The van der Waals surface area contributed by atoms with Gasteiger partial charge in [0.2, 0.25) is 0 Å². The Morgan fingerprint density at radius 2 is 2.12 bits per heavy atom. The van der Waals surface area contributed by atoms with Crippen molar-refractivity contribution in [3.05, 3.63) is 29.3 Å². The summed E-state index contributed by atoms with van der Waals surface area (Å²) < 4.78 is 9.78. The van der Waals surface area contributed by atoms with E-state index in [2.05, 4.69) is 4.74 Å². The topological polar surface area (TPSA) is 35.5 Å². The zero-order valence-electron chi connectivity index (χ0n) is 9.62. The first-order valence-corrected chi connectivity index (χ1v) is 5.37. The van der Waals surface area contributed by atoms with Gasteiger partial charge < -0.3 is 9.47 Å². The summed E-state index contributed by atoms with van der Waals surface area (Å²) in [5.74, 6) is 0.311. The number of ether oxygens (including phenoxy) is 2. The number of benzene rings is 1. The lowest BCUT2D eigenvalue weighted by molar-refractivity contribution is -0.140. The van der Waals surface area contributed by atoms with Gasteiger partial charge in [0.05, 0.1) is 14.2 Å². The first-order chi connectivity index (χ1) is 7.58. The molecular formula is C12H15ClO3. The van der Waals surface area contributed by atoms with Gasteiger partial charge in [0.25, 0.3) is 0 Å². The van der Waals surface area contributed by atoms with Gasteiger partial charge in [-0.25, -0.2) is 0 Å². The Kier molecular flexibility index (Phi) is 4.62. The van der Waals surface area contributed by atoms with Crippen LogP contribution in [0.2, 0.25) is 0 Å². The molecule has 4 heteroatoms. The number of esters is 1. The minimum absolute atomic E-state index is 0.402. The van der Waals surface area contributed by atoms with Gasteiger partial charge in [-0.3, -0.25) is 4.79 Å². The molecule has 0 aromatic heterocycles. The summed E-state index contributed by atoms with van der Waals surface area (Å²) in [6.07, 6.45) is 0.402. The number of hydrogen-bond donors (Lipinski definition) is 0. The summed E-state index contributed by atoms with van der Waals surface area (Å²) in [6.45, 7) is 1.98. The molecule has 0 aliphatic rings.